The Morgan fingerprint density at radius 2 is 2.14 bits per heavy atom. The number of hydrogen-bond acceptors (Lipinski definition) is 5. The molecule has 6 nitrogen and oxygen atoms in total. The van der Waals surface area contributed by atoms with Crippen LogP contribution in [0.5, 0.6) is 0 Å². The van der Waals surface area contributed by atoms with Crippen molar-refractivity contribution in [1.82, 2.24) is 10.2 Å². The zero-order valence-electron chi connectivity index (χ0n) is 11.7. The molecule has 114 valence electrons. The SMILES string of the molecule is CCc1cc(NS(=O)(=O)CCSc2ccccc2N)n[nH]1. The number of thioether (sulfide) groups is 1. The van der Waals surface area contributed by atoms with Gasteiger partial charge in [0, 0.05) is 28.1 Å². The lowest BCUT2D eigenvalue weighted by Crippen LogP contribution is -2.18. The van der Waals surface area contributed by atoms with Crippen LogP contribution in [-0.2, 0) is 16.4 Å². The molecule has 1 aromatic heterocycles. The van der Waals surface area contributed by atoms with Crippen LogP contribution in [0, 0.1) is 0 Å². The molecule has 2 aromatic rings. The van der Waals surface area contributed by atoms with Crippen molar-refractivity contribution < 1.29 is 8.42 Å². The summed E-state index contributed by atoms with van der Waals surface area (Å²) in [6.07, 6.45) is 0.776. The van der Waals surface area contributed by atoms with Gasteiger partial charge < -0.3 is 5.73 Å². The highest BCUT2D eigenvalue weighted by molar-refractivity contribution is 8.01. The van der Waals surface area contributed by atoms with Gasteiger partial charge in [0.1, 0.15) is 0 Å². The van der Waals surface area contributed by atoms with Gasteiger partial charge in [-0.2, -0.15) is 5.10 Å². The van der Waals surface area contributed by atoms with Crippen molar-refractivity contribution in [3.63, 3.8) is 0 Å². The first-order valence-electron chi connectivity index (χ1n) is 6.52. The van der Waals surface area contributed by atoms with E-state index in [-0.39, 0.29) is 5.75 Å². The lowest BCUT2D eigenvalue weighted by Gasteiger charge is -2.06. The van der Waals surface area contributed by atoms with Gasteiger partial charge in [-0.05, 0) is 18.6 Å². The summed E-state index contributed by atoms with van der Waals surface area (Å²) in [5.74, 6) is 0.755. The van der Waals surface area contributed by atoms with E-state index in [1.54, 1.807) is 12.1 Å². The number of aryl methyl sites for hydroxylation is 1. The summed E-state index contributed by atoms with van der Waals surface area (Å²) in [6.45, 7) is 1.96. The Morgan fingerprint density at radius 3 is 2.81 bits per heavy atom. The second-order valence-corrected chi connectivity index (χ2v) is 7.42. The Labute approximate surface area is 128 Å². The first-order valence-corrected chi connectivity index (χ1v) is 9.16. The number of hydrogen-bond donors (Lipinski definition) is 3. The molecule has 4 N–H and O–H groups in total. The molecule has 0 aliphatic heterocycles. The van der Waals surface area contributed by atoms with Crippen molar-refractivity contribution in [2.75, 3.05) is 22.0 Å². The average molecular weight is 326 g/mol. The predicted molar refractivity (Wildman–Crippen MR) is 87.0 cm³/mol. The van der Waals surface area contributed by atoms with E-state index in [1.165, 1.54) is 11.8 Å². The number of nitrogens with zero attached hydrogens (tertiary/aromatic N) is 1. The monoisotopic (exact) mass is 326 g/mol. The Morgan fingerprint density at radius 1 is 1.38 bits per heavy atom. The quantitative estimate of drug-likeness (QED) is 0.534. The number of nitrogen functional groups attached to an aromatic ring is 1. The summed E-state index contributed by atoms with van der Waals surface area (Å²) < 4.78 is 26.4. The summed E-state index contributed by atoms with van der Waals surface area (Å²) in [7, 11) is -3.41. The fourth-order valence-electron chi connectivity index (χ4n) is 1.68. The summed E-state index contributed by atoms with van der Waals surface area (Å²) in [5.41, 5.74) is 7.36. The van der Waals surface area contributed by atoms with E-state index in [0.29, 0.717) is 17.3 Å². The highest BCUT2D eigenvalue weighted by Gasteiger charge is 2.13. The molecular formula is C13H18N4O2S2. The van der Waals surface area contributed by atoms with Gasteiger partial charge in [-0.25, -0.2) is 8.42 Å². The number of sulfonamides is 1. The van der Waals surface area contributed by atoms with Crippen molar-refractivity contribution in [2.45, 2.75) is 18.2 Å². The zero-order chi connectivity index (χ0) is 15.3. The van der Waals surface area contributed by atoms with Crippen LogP contribution in [0.3, 0.4) is 0 Å². The second kappa shape index (κ2) is 6.86. The number of anilines is 2. The van der Waals surface area contributed by atoms with Crippen LogP contribution in [0.1, 0.15) is 12.6 Å². The topological polar surface area (TPSA) is 101 Å². The van der Waals surface area contributed by atoms with Crippen molar-refractivity contribution in [3.8, 4) is 0 Å². The van der Waals surface area contributed by atoms with Gasteiger partial charge in [0.2, 0.25) is 10.0 Å². The van der Waals surface area contributed by atoms with Gasteiger partial charge in [-0.1, -0.05) is 19.1 Å². The van der Waals surface area contributed by atoms with Crippen LogP contribution >= 0.6 is 11.8 Å². The van der Waals surface area contributed by atoms with Gasteiger partial charge in [0.25, 0.3) is 0 Å². The third kappa shape index (κ3) is 4.68. The number of benzene rings is 1. The molecule has 0 spiro atoms. The highest BCUT2D eigenvalue weighted by atomic mass is 32.2. The van der Waals surface area contributed by atoms with Crippen LogP contribution in [0.25, 0.3) is 0 Å². The minimum Gasteiger partial charge on any atom is -0.398 e. The number of nitrogens with two attached hydrogens (primary N) is 1. The van der Waals surface area contributed by atoms with E-state index in [9.17, 15) is 8.42 Å². The van der Waals surface area contributed by atoms with Gasteiger partial charge in [-0.15, -0.1) is 11.8 Å². The maximum absolute atomic E-state index is 12.0. The van der Waals surface area contributed by atoms with E-state index in [4.69, 9.17) is 5.73 Å². The molecule has 0 aliphatic rings. The van der Waals surface area contributed by atoms with E-state index < -0.39 is 10.0 Å². The molecule has 2 rings (SSSR count). The van der Waals surface area contributed by atoms with Crippen molar-refractivity contribution >= 4 is 33.3 Å². The molecule has 1 aromatic carbocycles. The fraction of sp³-hybridized carbons (Fsp3) is 0.308. The van der Waals surface area contributed by atoms with Gasteiger partial charge >= 0.3 is 0 Å². The standard InChI is InChI=1S/C13H18N4O2S2/c1-2-10-9-13(16-15-10)17-21(18,19)8-7-20-12-6-4-3-5-11(12)14/h3-6,9H,2,7-8,14H2,1H3,(H2,15,16,17). The maximum atomic E-state index is 12.0. The second-order valence-electron chi connectivity index (χ2n) is 4.44. The van der Waals surface area contributed by atoms with Gasteiger partial charge in [0.15, 0.2) is 5.82 Å². The summed E-state index contributed by atoms with van der Waals surface area (Å²) in [4.78, 5) is 0.890. The number of para-hydroxylation sites is 1. The molecule has 0 saturated carbocycles. The first kappa shape index (κ1) is 15.7. The fourth-order valence-corrected chi connectivity index (χ4v) is 4.04. The summed E-state index contributed by atoms with van der Waals surface area (Å²) in [5, 5.41) is 6.68. The summed E-state index contributed by atoms with van der Waals surface area (Å²) >= 11 is 1.42. The van der Waals surface area contributed by atoms with E-state index in [2.05, 4.69) is 14.9 Å². The van der Waals surface area contributed by atoms with E-state index in [0.717, 1.165) is 17.0 Å². The van der Waals surface area contributed by atoms with Crippen LogP contribution in [0.4, 0.5) is 11.5 Å². The lowest BCUT2D eigenvalue weighted by molar-refractivity contribution is 0.602. The zero-order valence-corrected chi connectivity index (χ0v) is 13.3. The Bertz CT molecular complexity index is 698. The number of nitrogens with one attached hydrogen (secondary N) is 2. The molecule has 21 heavy (non-hydrogen) atoms. The number of aromatic amines is 1. The van der Waals surface area contributed by atoms with E-state index >= 15 is 0 Å². The molecule has 0 radical (unpaired) electrons. The molecule has 0 bridgehead atoms. The Kier molecular flexibility index (Phi) is 5.13. The lowest BCUT2D eigenvalue weighted by atomic mass is 10.3. The smallest absolute Gasteiger partial charge is 0.234 e. The minimum atomic E-state index is -3.41. The number of aromatic nitrogens is 2. The molecule has 0 fully saturated rings. The Balaban J connectivity index is 1.88. The highest BCUT2D eigenvalue weighted by Crippen LogP contribution is 2.24. The molecule has 0 aliphatic carbocycles. The Hall–Kier alpha value is -1.67. The summed E-state index contributed by atoms with van der Waals surface area (Å²) in [6, 6.07) is 9.09. The maximum Gasteiger partial charge on any atom is 0.234 e. The third-order valence-corrected chi connectivity index (χ3v) is 5.41. The van der Waals surface area contributed by atoms with Crippen LogP contribution in [0.2, 0.25) is 0 Å². The average Bonchev–Trinajstić information content (AvgIpc) is 2.87. The predicted octanol–water partition coefficient (Wildman–Crippen LogP) is 2.09. The van der Waals surface area contributed by atoms with Crippen molar-refractivity contribution in [3.05, 3.63) is 36.0 Å². The molecular weight excluding hydrogens is 308 g/mol. The normalized spacial score (nSPS) is 11.5. The molecule has 0 unspecified atom stereocenters. The van der Waals surface area contributed by atoms with Crippen LogP contribution in [0.15, 0.2) is 35.2 Å². The third-order valence-electron chi connectivity index (χ3n) is 2.80. The molecule has 0 saturated heterocycles. The first-order chi connectivity index (χ1) is 10.00. The molecule has 1 heterocycles. The van der Waals surface area contributed by atoms with Crippen LogP contribution in [-0.4, -0.2) is 30.1 Å². The largest absolute Gasteiger partial charge is 0.398 e. The van der Waals surface area contributed by atoms with Crippen LogP contribution < -0.4 is 10.5 Å². The number of rotatable bonds is 7. The minimum absolute atomic E-state index is 0.000317. The van der Waals surface area contributed by atoms with Crippen molar-refractivity contribution in [1.29, 1.82) is 0 Å². The molecule has 8 heteroatoms. The van der Waals surface area contributed by atoms with E-state index in [1.807, 2.05) is 25.1 Å². The van der Waals surface area contributed by atoms with Gasteiger partial charge in [0.05, 0.1) is 5.75 Å². The molecule has 0 atom stereocenters. The molecule has 0 amide bonds. The van der Waals surface area contributed by atoms with Gasteiger partial charge in [-0.3, -0.25) is 9.82 Å². The van der Waals surface area contributed by atoms with Crippen molar-refractivity contribution in [2.24, 2.45) is 0 Å². The number of H-pyrrole nitrogens is 1.